The highest BCUT2D eigenvalue weighted by molar-refractivity contribution is 5.18. The first-order valence-electron chi connectivity index (χ1n) is 6.12. The van der Waals surface area contributed by atoms with Crippen LogP contribution in [0.3, 0.4) is 0 Å². The minimum atomic E-state index is 0.769. The van der Waals surface area contributed by atoms with Crippen LogP contribution in [-0.4, -0.2) is 36.1 Å². The van der Waals surface area contributed by atoms with Gasteiger partial charge in [0.25, 0.3) is 0 Å². The van der Waals surface area contributed by atoms with Gasteiger partial charge in [0, 0.05) is 12.2 Å². The number of ether oxygens (including phenoxy) is 1. The second-order valence-corrected chi connectivity index (χ2v) is 4.39. The molecule has 0 N–H and O–H groups in total. The van der Waals surface area contributed by atoms with E-state index in [1.165, 1.54) is 32.4 Å². The van der Waals surface area contributed by atoms with Crippen LogP contribution < -0.4 is 4.74 Å². The molecule has 0 unspecified atom stereocenters. The van der Waals surface area contributed by atoms with Gasteiger partial charge in [-0.05, 0) is 45.0 Å². The Balaban J connectivity index is 1.69. The van der Waals surface area contributed by atoms with Crippen LogP contribution in [0.1, 0.15) is 25.0 Å². The summed E-state index contributed by atoms with van der Waals surface area (Å²) in [6, 6.07) is 3.97. The Labute approximate surface area is 97.4 Å². The van der Waals surface area contributed by atoms with E-state index in [-0.39, 0.29) is 0 Å². The number of rotatable bonds is 4. The highest BCUT2D eigenvalue weighted by Gasteiger charge is 2.09. The second kappa shape index (κ2) is 5.85. The molecule has 0 saturated carbocycles. The summed E-state index contributed by atoms with van der Waals surface area (Å²) in [7, 11) is 0. The van der Waals surface area contributed by atoms with E-state index in [2.05, 4.69) is 9.88 Å². The maximum absolute atomic E-state index is 5.66. The van der Waals surface area contributed by atoms with Gasteiger partial charge in [-0.2, -0.15) is 0 Å². The number of likely N-dealkylation sites (tertiary alicyclic amines) is 1. The molecule has 1 fully saturated rings. The fourth-order valence-corrected chi connectivity index (χ4v) is 2.02. The quantitative estimate of drug-likeness (QED) is 0.778. The zero-order valence-electron chi connectivity index (χ0n) is 9.98. The second-order valence-electron chi connectivity index (χ2n) is 4.39. The van der Waals surface area contributed by atoms with Gasteiger partial charge in [0.05, 0.1) is 6.20 Å². The molecule has 3 heteroatoms. The van der Waals surface area contributed by atoms with Crippen molar-refractivity contribution >= 4 is 0 Å². The predicted octanol–water partition coefficient (Wildman–Crippen LogP) is 2.25. The van der Waals surface area contributed by atoms with Crippen LogP contribution in [0.5, 0.6) is 5.75 Å². The minimum Gasteiger partial charge on any atom is -0.491 e. The van der Waals surface area contributed by atoms with Crippen LogP contribution in [0.25, 0.3) is 0 Å². The SMILES string of the molecule is Cc1ccc(OCCN2CCCCC2)cn1. The maximum Gasteiger partial charge on any atom is 0.137 e. The van der Waals surface area contributed by atoms with Crippen LogP contribution in [0.15, 0.2) is 18.3 Å². The molecule has 16 heavy (non-hydrogen) atoms. The number of hydrogen-bond donors (Lipinski definition) is 0. The van der Waals surface area contributed by atoms with E-state index in [1.54, 1.807) is 6.20 Å². The van der Waals surface area contributed by atoms with Gasteiger partial charge in [-0.25, -0.2) is 0 Å². The smallest absolute Gasteiger partial charge is 0.137 e. The summed E-state index contributed by atoms with van der Waals surface area (Å²) >= 11 is 0. The van der Waals surface area contributed by atoms with Crippen LogP contribution in [0.2, 0.25) is 0 Å². The largest absolute Gasteiger partial charge is 0.491 e. The summed E-state index contributed by atoms with van der Waals surface area (Å²) in [5.41, 5.74) is 1.03. The molecule has 3 nitrogen and oxygen atoms in total. The van der Waals surface area contributed by atoms with Gasteiger partial charge in [-0.15, -0.1) is 0 Å². The molecular formula is C13H20N2O. The molecule has 2 heterocycles. The Morgan fingerprint density at radius 3 is 2.75 bits per heavy atom. The van der Waals surface area contributed by atoms with E-state index < -0.39 is 0 Å². The van der Waals surface area contributed by atoms with E-state index in [0.717, 1.165) is 24.6 Å². The Kier molecular flexibility index (Phi) is 4.17. The summed E-state index contributed by atoms with van der Waals surface area (Å²) in [4.78, 5) is 6.68. The third-order valence-corrected chi connectivity index (χ3v) is 3.01. The molecular weight excluding hydrogens is 200 g/mol. The standard InChI is InChI=1S/C13H20N2O/c1-12-5-6-13(11-14-12)16-10-9-15-7-3-2-4-8-15/h5-6,11H,2-4,7-10H2,1H3. The molecule has 1 aliphatic rings. The Hall–Kier alpha value is -1.09. The molecule has 0 spiro atoms. The summed E-state index contributed by atoms with van der Waals surface area (Å²) in [6.45, 7) is 6.25. The van der Waals surface area contributed by atoms with E-state index in [9.17, 15) is 0 Å². The maximum atomic E-state index is 5.66. The average molecular weight is 220 g/mol. The molecule has 0 bridgehead atoms. The monoisotopic (exact) mass is 220 g/mol. The predicted molar refractivity (Wildman–Crippen MR) is 64.8 cm³/mol. The zero-order chi connectivity index (χ0) is 11.2. The molecule has 0 aromatic carbocycles. The van der Waals surface area contributed by atoms with Gasteiger partial charge in [-0.1, -0.05) is 6.42 Å². The lowest BCUT2D eigenvalue weighted by atomic mass is 10.1. The van der Waals surface area contributed by atoms with Crippen LogP contribution >= 0.6 is 0 Å². The number of pyridine rings is 1. The van der Waals surface area contributed by atoms with Crippen molar-refractivity contribution in [2.75, 3.05) is 26.2 Å². The van der Waals surface area contributed by atoms with Gasteiger partial charge in [0.15, 0.2) is 0 Å². The Bertz CT molecular complexity index is 304. The van der Waals surface area contributed by atoms with E-state index in [1.807, 2.05) is 19.1 Å². The van der Waals surface area contributed by atoms with Crippen LogP contribution in [-0.2, 0) is 0 Å². The summed E-state index contributed by atoms with van der Waals surface area (Å²) in [6.07, 6.45) is 5.86. The average Bonchev–Trinajstić information content (AvgIpc) is 2.33. The van der Waals surface area contributed by atoms with Gasteiger partial charge in [0.2, 0.25) is 0 Å². The normalized spacial score (nSPS) is 17.3. The van der Waals surface area contributed by atoms with Crippen molar-refractivity contribution in [3.8, 4) is 5.75 Å². The van der Waals surface area contributed by atoms with Crippen molar-refractivity contribution in [3.63, 3.8) is 0 Å². The van der Waals surface area contributed by atoms with Crippen molar-refractivity contribution in [1.29, 1.82) is 0 Å². The van der Waals surface area contributed by atoms with Crippen LogP contribution in [0, 0.1) is 6.92 Å². The zero-order valence-corrected chi connectivity index (χ0v) is 9.98. The molecule has 0 aliphatic carbocycles. The number of aryl methyl sites for hydroxylation is 1. The fourth-order valence-electron chi connectivity index (χ4n) is 2.02. The molecule has 0 amide bonds. The number of hydrogen-bond acceptors (Lipinski definition) is 3. The molecule has 1 aromatic heterocycles. The van der Waals surface area contributed by atoms with E-state index >= 15 is 0 Å². The van der Waals surface area contributed by atoms with Crippen LogP contribution in [0.4, 0.5) is 0 Å². The summed E-state index contributed by atoms with van der Waals surface area (Å²) in [5, 5.41) is 0. The Morgan fingerprint density at radius 1 is 1.25 bits per heavy atom. The highest BCUT2D eigenvalue weighted by atomic mass is 16.5. The molecule has 0 atom stereocenters. The van der Waals surface area contributed by atoms with Gasteiger partial charge < -0.3 is 4.74 Å². The van der Waals surface area contributed by atoms with Crippen molar-refractivity contribution in [2.45, 2.75) is 26.2 Å². The summed E-state index contributed by atoms with van der Waals surface area (Å²) in [5.74, 6) is 0.877. The van der Waals surface area contributed by atoms with Crippen molar-refractivity contribution in [2.24, 2.45) is 0 Å². The van der Waals surface area contributed by atoms with Gasteiger partial charge in [0.1, 0.15) is 12.4 Å². The van der Waals surface area contributed by atoms with Crippen molar-refractivity contribution in [1.82, 2.24) is 9.88 Å². The molecule has 1 aliphatic heterocycles. The van der Waals surface area contributed by atoms with Gasteiger partial charge in [-0.3, -0.25) is 9.88 Å². The van der Waals surface area contributed by atoms with Crippen molar-refractivity contribution in [3.05, 3.63) is 24.0 Å². The van der Waals surface area contributed by atoms with E-state index in [4.69, 9.17) is 4.74 Å². The summed E-state index contributed by atoms with van der Waals surface area (Å²) < 4.78 is 5.66. The first-order valence-corrected chi connectivity index (χ1v) is 6.12. The molecule has 1 saturated heterocycles. The van der Waals surface area contributed by atoms with Gasteiger partial charge >= 0.3 is 0 Å². The molecule has 1 aromatic rings. The first kappa shape index (κ1) is 11.4. The Morgan fingerprint density at radius 2 is 2.06 bits per heavy atom. The lowest BCUT2D eigenvalue weighted by Crippen LogP contribution is -2.33. The molecule has 88 valence electrons. The third-order valence-electron chi connectivity index (χ3n) is 3.01. The lowest BCUT2D eigenvalue weighted by Gasteiger charge is -2.26. The number of nitrogens with zero attached hydrogens (tertiary/aromatic N) is 2. The lowest BCUT2D eigenvalue weighted by molar-refractivity contribution is 0.183. The van der Waals surface area contributed by atoms with Crippen molar-refractivity contribution < 1.29 is 4.74 Å². The molecule has 2 rings (SSSR count). The third kappa shape index (κ3) is 3.49. The fraction of sp³-hybridized carbons (Fsp3) is 0.615. The topological polar surface area (TPSA) is 25.4 Å². The number of piperidine rings is 1. The minimum absolute atomic E-state index is 0.769. The van der Waals surface area contributed by atoms with E-state index in [0.29, 0.717) is 0 Å². The number of aromatic nitrogens is 1. The first-order chi connectivity index (χ1) is 7.84. The molecule has 0 radical (unpaired) electrons. The highest BCUT2D eigenvalue weighted by Crippen LogP contribution is 2.10.